The van der Waals surface area contributed by atoms with Gasteiger partial charge >= 0.3 is 5.97 Å². The van der Waals surface area contributed by atoms with Crippen LogP contribution in [0.2, 0.25) is 0 Å². The quantitative estimate of drug-likeness (QED) is 0.200. The van der Waals surface area contributed by atoms with Crippen molar-refractivity contribution in [1.29, 1.82) is 0 Å². The molecule has 248 valence electrons. The first-order chi connectivity index (χ1) is 22.5. The van der Waals surface area contributed by atoms with Gasteiger partial charge in [0.2, 0.25) is 0 Å². The van der Waals surface area contributed by atoms with E-state index < -0.39 is 22.8 Å². The van der Waals surface area contributed by atoms with Crippen molar-refractivity contribution in [1.82, 2.24) is 14.8 Å². The number of nitrogens with zero attached hydrogens (tertiary/aromatic N) is 5. The topological polar surface area (TPSA) is 82.0 Å². The molecule has 2 aliphatic rings. The van der Waals surface area contributed by atoms with Gasteiger partial charge < -0.3 is 24.0 Å². The number of halogens is 2. The van der Waals surface area contributed by atoms with Gasteiger partial charge in [-0.15, -0.1) is 0 Å². The molecular weight excluding hydrogens is 604 g/mol. The van der Waals surface area contributed by atoms with E-state index in [0.717, 1.165) is 54.9 Å². The maximum absolute atomic E-state index is 15.0. The standard InChI is InChI=1S/C36H41F2N5O4/c1-25-17-30(42-15-13-41(14-16-42)29-8-5-27(6-9-29)34(44)47-35(2,3)4)10-12-33(25)45-20-26-19-36(46-21-26,22-43-24-39-23-40-43)31-11-7-28(37)18-32(31)38/h5-12,17-18,23-24,26H,13-16,19-22H2,1-4H3/t26-,36+/m1/s1. The highest BCUT2D eigenvalue weighted by Crippen LogP contribution is 2.42. The first-order valence-corrected chi connectivity index (χ1v) is 16.0. The van der Waals surface area contributed by atoms with Gasteiger partial charge in [0.15, 0.2) is 0 Å². The van der Waals surface area contributed by atoms with Gasteiger partial charge in [0, 0.05) is 55.1 Å². The molecule has 0 aliphatic carbocycles. The predicted octanol–water partition coefficient (Wildman–Crippen LogP) is 6.16. The van der Waals surface area contributed by atoms with Crippen LogP contribution in [0, 0.1) is 24.5 Å². The van der Waals surface area contributed by atoms with Crippen LogP contribution in [-0.4, -0.2) is 65.7 Å². The van der Waals surface area contributed by atoms with Crippen molar-refractivity contribution in [3.05, 3.63) is 102 Å². The molecule has 9 nitrogen and oxygen atoms in total. The number of esters is 1. The smallest absolute Gasteiger partial charge is 0.338 e. The van der Waals surface area contributed by atoms with E-state index in [4.69, 9.17) is 14.2 Å². The SMILES string of the molecule is Cc1cc(N2CCN(c3ccc(C(=O)OC(C)(C)C)cc3)CC2)ccc1OC[C@@H]1CO[C@@](Cn2cncn2)(c2ccc(F)cc2F)C1. The lowest BCUT2D eigenvalue weighted by Crippen LogP contribution is -2.46. The molecule has 0 N–H and O–H groups in total. The summed E-state index contributed by atoms with van der Waals surface area (Å²) in [6.45, 7) is 12.1. The number of ether oxygens (including phenoxy) is 3. The maximum Gasteiger partial charge on any atom is 0.338 e. The molecule has 1 aromatic heterocycles. The molecule has 3 aromatic carbocycles. The molecule has 2 aliphatic heterocycles. The fraction of sp³-hybridized carbons (Fsp3) is 0.417. The molecule has 0 amide bonds. The lowest BCUT2D eigenvalue weighted by atomic mass is 9.87. The molecule has 0 radical (unpaired) electrons. The minimum absolute atomic E-state index is 0.00618. The van der Waals surface area contributed by atoms with E-state index in [1.54, 1.807) is 11.0 Å². The zero-order valence-electron chi connectivity index (χ0n) is 27.3. The Morgan fingerprint density at radius 2 is 1.68 bits per heavy atom. The van der Waals surface area contributed by atoms with Crippen molar-refractivity contribution in [2.75, 3.05) is 49.2 Å². The Bertz CT molecular complexity index is 1680. The summed E-state index contributed by atoms with van der Waals surface area (Å²) in [6, 6.07) is 17.5. The number of piperazine rings is 1. The van der Waals surface area contributed by atoms with Crippen LogP contribution in [0.25, 0.3) is 0 Å². The highest BCUT2D eigenvalue weighted by molar-refractivity contribution is 5.90. The molecule has 0 spiro atoms. The number of hydrogen-bond donors (Lipinski definition) is 0. The summed E-state index contributed by atoms with van der Waals surface area (Å²) < 4.78 is 48.3. The second-order valence-corrected chi connectivity index (χ2v) is 13.4. The molecule has 0 bridgehead atoms. The summed E-state index contributed by atoms with van der Waals surface area (Å²) in [5.74, 6) is -0.806. The van der Waals surface area contributed by atoms with Crippen LogP contribution in [0.5, 0.6) is 5.75 Å². The minimum atomic E-state index is -1.01. The zero-order chi connectivity index (χ0) is 33.2. The van der Waals surface area contributed by atoms with Crippen LogP contribution < -0.4 is 14.5 Å². The molecule has 11 heteroatoms. The van der Waals surface area contributed by atoms with Crippen LogP contribution >= 0.6 is 0 Å². The molecule has 6 rings (SSSR count). The molecule has 2 saturated heterocycles. The largest absolute Gasteiger partial charge is 0.493 e. The van der Waals surface area contributed by atoms with Gasteiger partial charge in [-0.1, -0.05) is 6.07 Å². The third kappa shape index (κ3) is 7.56. The fourth-order valence-electron chi connectivity index (χ4n) is 6.35. The van der Waals surface area contributed by atoms with Crippen molar-refractivity contribution in [3.8, 4) is 5.75 Å². The van der Waals surface area contributed by atoms with Gasteiger partial charge in [-0.3, -0.25) is 0 Å². The zero-order valence-corrected chi connectivity index (χ0v) is 27.3. The lowest BCUT2D eigenvalue weighted by molar-refractivity contribution is -0.0206. The number of aryl methyl sites for hydroxylation is 1. The molecule has 4 aromatic rings. The summed E-state index contributed by atoms with van der Waals surface area (Å²) in [7, 11) is 0. The number of hydrogen-bond acceptors (Lipinski definition) is 8. The first kappa shape index (κ1) is 32.4. The van der Waals surface area contributed by atoms with E-state index >= 15 is 0 Å². The summed E-state index contributed by atoms with van der Waals surface area (Å²) in [5, 5.41) is 4.19. The molecule has 0 saturated carbocycles. The number of benzene rings is 3. The number of aromatic nitrogens is 3. The van der Waals surface area contributed by atoms with Crippen molar-refractivity contribution in [2.45, 2.75) is 51.9 Å². The number of anilines is 2. The van der Waals surface area contributed by atoms with Crippen LogP contribution in [-0.2, 0) is 21.6 Å². The molecular formula is C36H41F2N5O4. The Morgan fingerprint density at radius 3 is 2.32 bits per heavy atom. The van der Waals surface area contributed by atoms with Gasteiger partial charge in [-0.2, -0.15) is 5.10 Å². The summed E-state index contributed by atoms with van der Waals surface area (Å²) in [6.07, 6.45) is 3.47. The van der Waals surface area contributed by atoms with Crippen molar-refractivity contribution >= 4 is 17.3 Å². The number of carbonyl (C=O) groups excluding carboxylic acids is 1. The normalized spacial score (nSPS) is 20.0. The van der Waals surface area contributed by atoms with E-state index in [9.17, 15) is 13.6 Å². The van der Waals surface area contributed by atoms with Gasteiger partial charge in [0.05, 0.1) is 25.3 Å². The first-order valence-electron chi connectivity index (χ1n) is 16.0. The third-order valence-electron chi connectivity index (χ3n) is 8.66. The Morgan fingerprint density at radius 1 is 0.979 bits per heavy atom. The van der Waals surface area contributed by atoms with Crippen molar-refractivity contribution in [2.24, 2.45) is 5.92 Å². The van der Waals surface area contributed by atoms with E-state index in [0.29, 0.717) is 30.8 Å². The molecule has 2 atom stereocenters. The fourth-order valence-corrected chi connectivity index (χ4v) is 6.35. The van der Waals surface area contributed by atoms with E-state index in [1.807, 2.05) is 58.0 Å². The predicted molar refractivity (Wildman–Crippen MR) is 175 cm³/mol. The average molecular weight is 646 g/mol. The summed E-state index contributed by atoms with van der Waals surface area (Å²) in [4.78, 5) is 21.1. The number of carbonyl (C=O) groups is 1. The monoisotopic (exact) mass is 645 g/mol. The van der Waals surface area contributed by atoms with E-state index in [2.05, 4.69) is 32.0 Å². The van der Waals surface area contributed by atoms with Crippen LogP contribution in [0.1, 0.15) is 48.7 Å². The van der Waals surface area contributed by atoms with E-state index in [-0.39, 0.29) is 18.4 Å². The lowest BCUT2D eigenvalue weighted by Gasteiger charge is -2.37. The molecule has 2 fully saturated rings. The molecule has 0 unspecified atom stereocenters. The Hall–Kier alpha value is -4.51. The van der Waals surface area contributed by atoms with Gasteiger partial charge in [0.1, 0.15) is 41.2 Å². The Kier molecular flexibility index (Phi) is 9.18. The minimum Gasteiger partial charge on any atom is -0.493 e. The Balaban J connectivity index is 1.04. The average Bonchev–Trinajstić information content (AvgIpc) is 3.70. The maximum atomic E-state index is 15.0. The second kappa shape index (κ2) is 13.3. The van der Waals surface area contributed by atoms with Crippen LogP contribution in [0.4, 0.5) is 20.2 Å². The van der Waals surface area contributed by atoms with Crippen molar-refractivity contribution in [3.63, 3.8) is 0 Å². The van der Waals surface area contributed by atoms with Gasteiger partial charge in [0.25, 0.3) is 0 Å². The third-order valence-corrected chi connectivity index (χ3v) is 8.66. The highest BCUT2D eigenvalue weighted by Gasteiger charge is 2.44. The van der Waals surface area contributed by atoms with Gasteiger partial charge in [-0.25, -0.2) is 23.2 Å². The summed E-state index contributed by atoms with van der Waals surface area (Å²) in [5.41, 5.74) is 2.56. The highest BCUT2D eigenvalue weighted by atomic mass is 19.1. The molecule has 3 heterocycles. The number of rotatable bonds is 9. The summed E-state index contributed by atoms with van der Waals surface area (Å²) >= 11 is 0. The van der Waals surface area contributed by atoms with Gasteiger partial charge in [-0.05, 0) is 88.2 Å². The molecule has 47 heavy (non-hydrogen) atoms. The second-order valence-electron chi connectivity index (χ2n) is 13.4. The Labute approximate surface area is 274 Å². The van der Waals surface area contributed by atoms with E-state index in [1.165, 1.54) is 18.5 Å². The van der Waals surface area contributed by atoms with Crippen molar-refractivity contribution < 1.29 is 27.8 Å². The van der Waals surface area contributed by atoms with Crippen LogP contribution in [0.15, 0.2) is 73.3 Å². The van der Waals surface area contributed by atoms with Crippen LogP contribution in [0.3, 0.4) is 0 Å².